The molecule has 0 radical (unpaired) electrons. The molecule has 0 saturated heterocycles. The van der Waals surface area contributed by atoms with Crippen LogP contribution in [0, 0.1) is 12.8 Å². The molecule has 0 spiro atoms. The number of guanidine groups is 1. The van der Waals surface area contributed by atoms with Crippen molar-refractivity contribution < 1.29 is 0 Å². The van der Waals surface area contributed by atoms with E-state index in [0.29, 0.717) is 12.0 Å². The van der Waals surface area contributed by atoms with Crippen LogP contribution >= 0.6 is 24.0 Å². The summed E-state index contributed by atoms with van der Waals surface area (Å²) in [6.07, 6.45) is 9.66. The fourth-order valence-corrected chi connectivity index (χ4v) is 2.44. The van der Waals surface area contributed by atoms with Crippen LogP contribution in [0.25, 0.3) is 0 Å². The third-order valence-corrected chi connectivity index (χ3v) is 3.83. The molecule has 1 unspecified atom stereocenters. The molecule has 1 rings (SSSR count). The molecule has 6 heteroatoms. The number of imidazole rings is 1. The first-order chi connectivity index (χ1) is 10.5. The van der Waals surface area contributed by atoms with Crippen molar-refractivity contribution >= 4 is 29.9 Å². The quantitative estimate of drug-likeness (QED) is 0.255. The molecule has 5 nitrogen and oxygen atoms in total. The number of nitrogens with two attached hydrogens (primary N) is 1. The number of aromatic nitrogens is 2. The summed E-state index contributed by atoms with van der Waals surface area (Å²) in [6, 6.07) is 0.399. The third kappa shape index (κ3) is 10.6. The summed E-state index contributed by atoms with van der Waals surface area (Å²) in [4.78, 5) is 8.62. The second-order valence-electron chi connectivity index (χ2n) is 6.51. The zero-order valence-electron chi connectivity index (χ0n) is 15.1. The van der Waals surface area contributed by atoms with E-state index in [1.54, 1.807) is 0 Å². The first-order valence-corrected chi connectivity index (χ1v) is 8.53. The zero-order valence-corrected chi connectivity index (χ0v) is 17.4. The first kappa shape index (κ1) is 22.2. The lowest BCUT2D eigenvalue weighted by molar-refractivity contribution is 0.493. The number of rotatable bonds is 10. The Balaban J connectivity index is 0.00000484. The van der Waals surface area contributed by atoms with Crippen molar-refractivity contribution in [3.63, 3.8) is 0 Å². The SMILES string of the molecule is Cc1nccn1CCCCN=C(N)NC(C)CCCC(C)C.I. The summed E-state index contributed by atoms with van der Waals surface area (Å²) >= 11 is 0. The predicted octanol–water partition coefficient (Wildman–Crippen LogP) is 3.71. The zero-order chi connectivity index (χ0) is 16.4. The lowest BCUT2D eigenvalue weighted by Crippen LogP contribution is -2.38. The van der Waals surface area contributed by atoms with Crippen molar-refractivity contribution in [3.05, 3.63) is 18.2 Å². The Bertz CT molecular complexity index is 442. The van der Waals surface area contributed by atoms with Gasteiger partial charge in [-0.1, -0.05) is 26.7 Å². The summed E-state index contributed by atoms with van der Waals surface area (Å²) in [5.74, 6) is 2.42. The molecular formula is C17H34IN5. The predicted molar refractivity (Wildman–Crippen MR) is 109 cm³/mol. The van der Waals surface area contributed by atoms with Crippen LogP contribution in [0.1, 0.15) is 58.7 Å². The number of aliphatic imine (C=N–C) groups is 1. The van der Waals surface area contributed by atoms with Gasteiger partial charge in [0.15, 0.2) is 5.96 Å². The molecule has 1 atom stereocenters. The summed E-state index contributed by atoms with van der Waals surface area (Å²) in [6.45, 7) is 10.5. The molecule has 0 bridgehead atoms. The van der Waals surface area contributed by atoms with E-state index in [1.807, 2.05) is 19.3 Å². The average Bonchev–Trinajstić information content (AvgIpc) is 2.83. The number of nitrogens with one attached hydrogen (secondary N) is 1. The number of unbranched alkanes of at least 4 members (excludes halogenated alkanes) is 1. The smallest absolute Gasteiger partial charge is 0.188 e. The molecule has 0 fully saturated rings. The molecule has 1 heterocycles. The van der Waals surface area contributed by atoms with Gasteiger partial charge in [-0.15, -0.1) is 24.0 Å². The topological polar surface area (TPSA) is 68.2 Å². The Labute approximate surface area is 158 Å². The standard InChI is InChI=1S/C17H33N5.HI/c1-14(2)8-7-9-15(3)21-17(18)20-10-5-6-12-22-13-11-19-16(22)4;/h11,13-15H,5-10,12H2,1-4H3,(H3,18,20,21);1H. The van der Waals surface area contributed by atoms with Crippen LogP contribution in [0.2, 0.25) is 0 Å². The molecule has 134 valence electrons. The molecule has 3 N–H and O–H groups in total. The number of nitrogens with zero attached hydrogens (tertiary/aromatic N) is 3. The minimum absolute atomic E-state index is 0. The van der Waals surface area contributed by atoms with Gasteiger partial charge in [0, 0.05) is 31.5 Å². The fourth-order valence-electron chi connectivity index (χ4n) is 2.44. The largest absolute Gasteiger partial charge is 0.370 e. The second kappa shape index (κ2) is 12.6. The molecule has 0 saturated carbocycles. The van der Waals surface area contributed by atoms with Gasteiger partial charge >= 0.3 is 0 Å². The van der Waals surface area contributed by atoms with E-state index in [9.17, 15) is 0 Å². The monoisotopic (exact) mass is 435 g/mol. The maximum absolute atomic E-state index is 5.93. The summed E-state index contributed by atoms with van der Waals surface area (Å²) in [5, 5.41) is 3.28. The van der Waals surface area contributed by atoms with Gasteiger partial charge in [-0.25, -0.2) is 4.98 Å². The highest BCUT2D eigenvalue weighted by Crippen LogP contribution is 2.08. The average molecular weight is 435 g/mol. The highest BCUT2D eigenvalue weighted by molar-refractivity contribution is 14.0. The van der Waals surface area contributed by atoms with Gasteiger partial charge < -0.3 is 15.6 Å². The van der Waals surface area contributed by atoms with E-state index in [4.69, 9.17) is 5.73 Å². The van der Waals surface area contributed by atoms with Gasteiger partial charge in [0.05, 0.1) is 0 Å². The maximum atomic E-state index is 5.93. The van der Waals surface area contributed by atoms with Crippen molar-refractivity contribution in [3.8, 4) is 0 Å². The Morgan fingerprint density at radius 3 is 2.61 bits per heavy atom. The molecule has 0 aliphatic rings. The van der Waals surface area contributed by atoms with Crippen LogP contribution in [0.5, 0.6) is 0 Å². The van der Waals surface area contributed by atoms with E-state index in [0.717, 1.165) is 44.1 Å². The molecule has 23 heavy (non-hydrogen) atoms. The molecule has 0 aromatic carbocycles. The van der Waals surface area contributed by atoms with Crippen molar-refractivity contribution in [1.82, 2.24) is 14.9 Å². The molecule has 0 aliphatic heterocycles. The van der Waals surface area contributed by atoms with Crippen LogP contribution in [0.4, 0.5) is 0 Å². The van der Waals surface area contributed by atoms with E-state index in [1.165, 1.54) is 12.8 Å². The summed E-state index contributed by atoms with van der Waals surface area (Å²) in [7, 11) is 0. The van der Waals surface area contributed by atoms with Gasteiger partial charge in [-0.3, -0.25) is 4.99 Å². The number of hydrogen-bond donors (Lipinski definition) is 2. The summed E-state index contributed by atoms with van der Waals surface area (Å²) < 4.78 is 2.17. The van der Waals surface area contributed by atoms with Crippen molar-refractivity contribution in [2.45, 2.75) is 72.4 Å². The Kier molecular flexibility index (Phi) is 12.2. The van der Waals surface area contributed by atoms with Crippen LogP contribution in [-0.2, 0) is 6.54 Å². The molecule has 0 amide bonds. The van der Waals surface area contributed by atoms with E-state index < -0.39 is 0 Å². The van der Waals surface area contributed by atoms with Gasteiger partial charge in [0.25, 0.3) is 0 Å². The van der Waals surface area contributed by atoms with Gasteiger partial charge in [0.1, 0.15) is 5.82 Å². The van der Waals surface area contributed by atoms with Crippen molar-refractivity contribution in [2.24, 2.45) is 16.6 Å². The molecule has 0 aliphatic carbocycles. The lowest BCUT2D eigenvalue weighted by atomic mass is 10.0. The fraction of sp³-hybridized carbons (Fsp3) is 0.765. The van der Waals surface area contributed by atoms with Crippen molar-refractivity contribution in [2.75, 3.05) is 6.54 Å². The normalized spacial score (nSPS) is 13.0. The van der Waals surface area contributed by atoms with Gasteiger partial charge in [-0.05, 0) is 39.0 Å². The Morgan fingerprint density at radius 1 is 1.26 bits per heavy atom. The summed E-state index contributed by atoms with van der Waals surface area (Å²) in [5.41, 5.74) is 5.93. The highest BCUT2D eigenvalue weighted by Gasteiger charge is 2.03. The second-order valence-corrected chi connectivity index (χ2v) is 6.51. The number of hydrogen-bond acceptors (Lipinski definition) is 2. The van der Waals surface area contributed by atoms with Crippen LogP contribution < -0.4 is 11.1 Å². The van der Waals surface area contributed by atoms with E-state index in [-0.39, 0.29) is 24.0 Å². The van der Waals surface area contributed by atoms with E-state index >= 15 is 0 Å². The Morgan fingerprint density at radius 2 is 2.00 bits per heavy atom. The van der Waals surface area contributed by atoms with Crippen LogP contribution in [0.3, 0.4) is 0 Å². The van der Waals surface area contributed by atoms with Crippen LogP contribution in [0.15, 0.2) is 17.4 Å². The lowest BCUT2D eigenvalue weighted by Gasteiger charge is -2.15. The van der Waals surface area contributed by atoms with Crippen molar-refractivity contribution in [1.29, 1.82) is 0 Å². The minimum Gasteiger partial charge on any atom is -0.370 e. The van der Waals surface area contributed by atoms with Gasteiger partial charge in [-0.2, -0.15) is 0 Å². The van der Waals surface area contributed by atoms with E-state index in [2.05, 4.69) is 40.6 Å². The molecule has 1 aromatic rings. The molecule has 1 aromatic heterocycles. The third-order valence-electron chi connectivity index (χ3n) is 3.83. The minimum atomic E-state index is 0. The Hall–Kier alpha value is -0.790. The maximum Gasteiger partial charge on any atom is 0.188 e. The van der Waals surface area contributed by atoms with Gasteiger partial charge in [0.2, 0.25) is 0 Å². The first-order valence-electron chi connectivity index (χ1n) is 8.53. The highest BCUT2D eigenvalue weighted by atomic mass is 127. The number of aryl methyl sites for hydroxylation is 2. The van der Waals surface area contributed by atoms with Crippen LogP contribution in [-0.4, -0.2) is 28.1 Å². The number of halogens is 1. The molecular weight excluding hydrogens is 401 g/mol.